The van der Waals surface area contributed by atoms with E-state index >= 15 is 0 Å². The number of hydrogen-bond donors (Lipinski definition) is 0. The van der Waals surface area contributed by atoms with Gasteiger partial charge in [0.2, 0.25) is 0 Å². The maximum atomic E-state index is 12.9. The molecule has 10 heteroatoms. The molecule has 0 aliphatic carbocycles. The Morgan fingerprint density at radius 3 is 0.860 bits per heavy atom. The van der Waals surface area contributed by atoms with Crippen molar-refractivity contribution in [3.8, 4) is 0 Å². The van der Waals surface area contributed by atoms with Crippen molar-refractivity contribution in [1.29, 1.82) is 0 Å². The number of likely N-dealkylation sites (N-methyl/N-ethyl adjacent to an activating group) is 1. The van der Waals surface area contributed by atoms with Crippen LogP contribution in [0.3, 0.4) is 0 Å². The Labute approximate surface area is 621 Å². The molecule has 0 heterocycles. The Morgan fingerprint density at radius 1 is 0.320 bits per heavy atom. The molecule has 0 aliphatic heterocycles. The number of esters is 2. The predicted molar refractivity (Wildman–Crippen MR) is 434 cm³/mol. The van der Waals surface area contributed by atoms with Gasteiger partial charge in [0.25, 0.3) is 7.82 Å². The number of phosphoric acid groups is 1. The van der Waals surface area contributed by atoms with Gasteiger partial charge in [0.1, 0.15) is 19.8 Å². The third kappa shape index (κ3) is 84.1. The number of carbonyl (C=O) groups excluding carboxylic acids is 2. The number of rotatable bonds is 81. The van der Waals surface area contributed by atoms with Crippen molar-refractivity contribution >= 4 is 19.8 Å². The van der Waals surface area contributed by atoms with E-state index in [9.17, 15) is 19.0 Å². The number of phosphoric ester groups is 1. The summed E-state index contributed by atoms with van der Waals surface area (Å²) in [6.45, 7) is 4.19. The smallest absolute Gasteiger partial charge is 0.306 e. The van der Waals surface area contributed by atoms with Crippen LogP contribution in [0, 0.1) is 0 Å². The summed E-state index contributed by atoms with van der Waals surface area (Å²) in [5, 5.41) is 0. The Morgan fingerprint density at radius 2 is 0.570 bits per heavy atom. The lowest BCUT2D eigenvalue weighted by molar-refractivity contribution is -0.870. The fourth-order valence-electron chi connectivity index (χ4n) is 12.8. The van der Waals surface area contributed by atoms with E-state index in [2.05, 4.69) is 98.9 Å². The van der Waals surface area contributed by atoms with E-state index in [1.807, 2.05) is 21.1 Å². The van der Waals surface area contributed by atoms with E-state index in [0.29, 0.717) is 17.4 Å². The molecule has 0 N–H and O–H groups in total. The SMILES string of the molecule is CC/C=C\C/C=C\C/C=C\C/C=C\C/C=C\C/C=C\CCCCCCCCCCCCCCCCCCC(=O)OC(COC(=O)CCCCCCCCCCCCCCCCCCCCCCCCCCCCCCC/C=C\CCCCCCCCCC)COP(=O)([O-])OCC[N+](C)(C)C. The second kappa shape index (κ2) is 80.3. The number of allylic oxidation sites excluding steroid dienone is 14. The van der Waals surface area contributed by atoms with E-state index in [4.69, 9.17) is 18.5 Å². The van der Waals surface area contributed by atoms with E-state index in [-0.39, 0.29) is 32.0 Å². The van der Waals surface area contributed by atoms with Gasteiger partial charge in [-0.15, -0.1) is 0 Å². The van der Waals surface area contributed by atoms with Gasteiger partial charge in [-0.25, -0.2) is 0 Å². The van der Waals surface area contributed by atoms with Crippen LogP contribution in [-0.2, 0) is 32.7 Å². The quantitative estimate of drug-likeness (QED) is 0.0195. The van der Waals surface area contributed by atoms with Crippen LogP contribution in [0.2, 0.25) is 0 Å². The van der Waals surface area contributed by atoms with Crippen LogP contribution in [0.4, 0.5) is 0 Å². The molecule has 0 aromatic heterocycles. The van der Waals surface area contributed by atoms with Crippen molar-refractivity contribution in [2.24, 2.45) is 0 Å². The molecule has 0 aliphatic rings. The molecule has 0 spiro atoms. The number of unbranched alkanes of at least 4 members (excludes halogenated alkanes) is 53. The summed E-state index contributed by atoms with van der Waals surface area (Å²) >= 11 is 0. The average molecular weight is 1420 g/mol. The summed E-state index contributed by atoms with van der Waals surface area (Å²) in [6, 6.07) is 0. The fraction of sp³-hybridized carbons (Fsp3) is 0.822. The lowest BCUT2D eigenvalue weighted by atomic mass is 10.0. The Hall–Kier alpha value is -2.81. The van der Waals surface area contributed by atoms with Crippen molar-refractivity contribution in [1.82, 2.24) is 0 Å². The van der Waals surface area contributed by atoms with Crippen molar-refractivity contribution in [3.63, 3.8) is 0 Å². The normalized spacial score (nSPS) is 13.4. The molecule has 0 aromatic carbocycles. The minimum Gasteiger partial charge on any atom is -0.756 e. The van der Waals surface area contributed by atoms with Crippen molar-refractivity contribution < 1.29 is 42.1 Å². The van der Waals surface area contributed by atoms with Crippen LogP contribution < -0.4 is 4.89 Å². The summed E-state index contributed by atoms with van der Waals surface area (Å²) < 4.78 is 34.5. The monoisotopic (exact) mass is 1420 g/mol. The highest BCUT2D eigenvalue weighted by Crippen LogP contribution is 2.38. The van der Waals surface area contributed by atoms with E-state index < -0.39 is 26.5 Å². The maximum Gasteiger partial charge on any atom is 0.306 e. The molecule has 0 amide bonds. The molecule has 100 heavy (non-hydrogen) atoms. The van der Waals surface area contributed by atoms with Crippen LogP contribution in [0.1, 0.15) is 425 Å². The van der Waals surface area contributed by atoms with Crippen LogP contribution in [0.25, 0.3) is 0 Å². The van der Waals surface area contributed by atoms with Crippen molar-refractivity contribution in [3.05, 3.63) is 85.1 Å². The molecule has 0 fully saturated rings. The average Bonchev–Trinajstić information content (AvgIpc) is 1.65. The van der Waals surface area contributed by atoms with E-state index in [0.717, 1.165) is 77.0 Å². The number of quaternary nitrogens is 1. The molecule has 0 rings (SSSR count). The summed E-state index contributed by atoms with van der Waals surface area (Å²) in [7, 11) is 1.18. The first kappa shape index (κ1) is 97.2. The highest BCUT2D eigenvalue weighted by Gasteiger charge is 2.22. The molecular formula is C90H166NO8P. The van der Waals surface area contributed by atoms with Crippen molar-refractivity contribution in [2.75, 3.05) is 47.5 Å². The highest BCUT2D eigenvalue weighted by atomic mass is 31.2. The third-order valence-electron chi connectivity index (χ3n) is 19.4. The molecule has 2 atom stereocenters. The maximum absolute atomic E-state index is 12.9. The number of ether oxygens (including phenoxy) is 2. The van der Waals surface area contributed by atoms with Gasteiger partial charge >= 0.3 is 11.9 Å². The standard InChI is InChI=1S/C90H166NO8P/c1-6-8-10-12-14-16-18-20-22-24-26-28-30-32-34-36-38-40-42-43-44-45-46-47-49-50-52-54-56-58-60-62-64-66-68-70-72-74-76-78-80-82-89(92)96-86-88(87-98-100(94,95)97-85-84-91(3,4)5)99-90(93)83-81-79-77-75-73-71-69-67-65-63-61-59-57-55-53-51-48-41-39-37-35-33-31-29-27-25-23-21-19-17-15-13-11-9-7-2/h9,11,15,17,21,23-24,26-27,29,33,35,39,41,88H,6-8,10,12-14,16,18-20,22,25,28,30-32,34,36-38,40,42-87H2,1-5H3/b11-9-,17-15-,23-21-,26-24-,29-27-,35-33-,41-39-. The van der Waals surface area contributed by atoms with Gasteiger partial charge in [-0.1, -0.05) is 407 Å². The Balaban J connectivity index is 3.88. The van der Waals surface area contributed by atoms with Gasteiger partial charge in [0.15, 0.2) is 6.10 Å². The summed E-state index contributed by atoms with van der Waals surface area (Å²) in [6.07, 6.45) is 112. The van der Waals surface area contributed by atoms with Gasteiger partial charge in [-0.3, -0.25) is 14.2 Å². The Bertz CT molecular complexity index is 1970. The number of hydrogen-bond acceptors (Lipinski definition) is 8. The fourth-order valence-corrected chi connectivity index (χ4v) is 13.6. The predicted octanol–water partition coefficient (Wildman–Crippen LogP) is 28.5. The molecule has 0 aromatic rings. The Kier molecular flexibility index (Phi) is 78.0. The van der Waals surface area contributed by atoms with Gasteiger partial charge in [-0.05, 0) is 89.9 Å². The molecule has 0 bridgehead atoms. The highest BCUT2D eigenvalue weighted by molar-refractivity contribution is 7.45. The molecule has 0 saturated heterocycles. The summed E-state index contributed by atoms with van der Waals surface area (Å²) in [4.78, 5) is 38.2. The minimum atomic E-state index is -4.65. The van der Waals surface area contributed by atoms with Gasteiger partial charge in [0.05, 0.1) is 27.7 Å². The van der Waals surface area contributed by atoms with Crippen molar-refractivity contribution in [2.45, 2.75) is 431 Å². The molecule has 0 saturated carbocycles. The van der Waals surface area contributed by atoms with E-state index in [1.54, 1.807) is 0 Å². The van der Waals surface area contributed by atoms with E-state index in [1.165, 1.54) is 315 Å². The van der Waals surface area contributed by atoms with Crippen LogP contribution in [-0.4, -0.2) is 70.0 Å². The molecule has 0 radical (unpaired) electrons. The zero-order chi connectivity index (χ0) is 72.5. The summed E-state index contributed by atoms with van der Waals surface area (Å²) in [5.74, 6) is -0.814. The van der Waals surface area contributed by atoms with Crippen LogP contribution >= 0.6 is 7.82 Å². The van der Waals surface area contributed by atoms with Crippen LogP contribution in [0.5, 0.6) is 0 Å². The molecule has 2 unspecified atom stereocenters. The topological polar surface area (TPSA) is 111 Å². The number of nitrogens with zero attached hydrogens (tertiary/aromatic N) is 1. The zero-order valence-electron chi connectivity index (χ0n) is 66.9. The third-order valence-corrected chi connectivity index (χ3v) is 20.4. The van der Waals surface area contributed by atoms with Gasteiger partial charge in [-0.2, -0.15) is 0 Å². The minimum absolute atomic E-state index is 0.0303. The molecule has 584 valence electrons. The first-order valence-electron chi connectivity index (χ1n) is 43.3. The first-order chi connectivity index (χ1) is 49.0. The largest absolute Gasteiger partial charge is 0.756 e. The van der Waals surface area contributed by atoms with Gasteiger partial charge < -0.3 is 27.9 Å². The second-order valence-electron chi connectivity index (χ2n) is 30.5. The number of carbonyl (C=O) groups is 2. The molecule has 9 nitrogen and oxygen atoms in total. The van der Waals surface area contributed by atoms with Crippen LogP contribution in [0.15, 0.2) is 85.1 Å². The lowest BCUT2D eigenvalue weighted by Crippen LogP contribution is -2.37. The second-order valence-corrected chi connectivity index (χ2v) is 31.9. The van der Waals surface area contributed by atoms with Gasteiger partial charge in [0, 0.05) is 12.8 Å². The summed E-state index contributed by atoms with van der Waals surface area (Å²) in [5.41, 5.74) is 0. The molecular weight excluding hydrogens is 1250 g/mol. The first-order valence-corrected chi connectivity index (χ1v) is 44.8. The lowest BCUT2D eigenvalue weighted by Gasteiger charge is -2.28. The zero-order valence-corrected chi connectivity index (χ0v) is 67.8.